The number of benzene rings is 2. The van der Waals surface area contributed by atoms with Crippen molar-refractivity contribution in [3.8, 4) is 0 Å². The van der Waals surface area contributed by atoms with Crippen molar-refractivity contribution in [2.45, 2.75) is 63.8 Å². The van der Waals surface area contributed by atoms with Gasteiger partial charge in [0.25, 0.3) is 5.91 Å². The second kappa shape index (κ2) is 10.2. The number of hydrogen-bond donors (Lipinski definition) is 2. The zero-order valence-corrected chi connectivity index (χ0v) is 23.5. The summed E-state index contributed by atoms with van der Waals surface area (Å²) in [6.07, 6.45) is 2.32. The van der Waals surface area contributed by atoms with Crippen LogP contribution in [0.5, 0.6) is 0 Å². The summed E-state index contributed by atoms with van der Waals surface area (Å²) in [5.41, 5.74) is 1.03. The van der Waals surface area contributed by atoms with Gasteiger partial charge in [-0.25, -0.2) is 0 Å². The van der Waals surface area contributed by atoms with E-state index in [9.17, 15) is 24.6 Å². The zero-order valence-electron chi connectivity index (χ0n) is 23.5. The van der Waals surface area contributed by atoms with E-state index in [0.717, 1.165) is 16.7 Å². The molecule has 1 spiro atoms. The first-order valence-electron chi connectivity index (χ1n) is 13.9. The number of aliphatic hydroxyl groups is 1. The maximum absolute atomic E-state index is 14.8. The molecule has 8 nitrogen and oxygen atoms in total. The van der Waals surface area contributed by atoms with Gasteiger partial charge in [-0.1, -0.05) is 55.5 Å². The summed E-state index contributed by atoms with van der Waals surface area (Å²) in [6.45, 7) is 11.2. The Bertz CT molecular complexity index is 1340. The zero-order chi connectivity index (χ0) is 29.0. The quantitative estimate of drug-likeness (QED) is 0.466. The fraction of sp³-hybridized carbons (Fsp3) is 0.469. The number of aliphatic carboxylic acids is 1. The van der Waals surface area contributed by atoms with Crippen LogP contribution < -0.4 is 4.90 Å². The molecule has 40 heavy (non-hydrogen) atoms. The highest BCUT2D eigenvalue weighted by Crippen LogP contribution is 2.65. The molecule has 5 rings (SSSR count). The van der Waals surface area contributed by atoms with E-state index in [1.807, 2.05) is 69.3 Å². The van der Waals surface area contributed by atoms with Gasteiger partial charge in [0.05, 0.1) is 24.2 Å². The van der Waals surface area contributed by atoms with Crippen molar-refractivity contribution in [2.75, 3.05) is 18.1 Å². The van der Waals surface area contributed by atoms with Crippen molar-refractivity contribution in [3.05, 3.63) is 77.9 Å². The maximum atomic E-state index is 14.8. The van der Waals surface area contributed by atoms with Crippen LogP contribution in [0, 0.1) is 31.6 Å². The van der Waals surface area contributed by atoms with Gasteiger partial charge in [-0.2, -0.15) is 0 Å². The molecule has 3 aliphatic rings. The molecule has 3 heterocycles. The number of hydrogen-bond acceptors (Lipinski definition) is 5. The number of rotatable bonds is 9. The Morgan fingerprint density at radius 2 is 1.93 bits per heavy atom. The Morgan fingerprint density at radius 3 is 2.55 bits per heavy atom. The largest absolute Gasteiger partial charge is 0.481 e. The van der Waals surface area contributed by atoms with Crippen molar-refractivity contribution in [1.29, 1.82) is 0 Å². The summed E-state index contributed by atoms with van der Waals surface area (Å²) in [4.78, 5) is 44.9. The molecule has 212 valence electrons. The fourth-order valence-electron chi connectivity index (χ4n) is 7.46. The minimum atomic E-state index is -1.33. The Morgan fingerprint density at radius 1 is 1.23 bits per heavy atom. The molecule has 2 aromatic carbocycles. The van der Waals surface area contributed by atoms with Crippen LogP contribution >= 0.6 is 0 Å². The van der Waals surface area contributed by atoms with Crippen molar-refractivity contribution in [2.24, 2.45) is 17.8 Å². The van der Waals surface area contributed by atoms with Gasteiger partial charge in [-0.3, -0.25) is 14.4 Å². The number of amides is 2. The smallest absolute Gasteiger partial charge is 0.310 e. The molecule has 2 aromatic rings. The van der Waals surface area contributed by atoms with Crippen LogP contribution in [0.4, 0.5) is 5.69 Å². The third kappa shape index (κ3) is 4.08. The molecule has 0 aliphatic carbocycles. The Kier molecular flexibility index (Phi) is 7.13. The highest BCUT2D eigenvalue weighted by Gasteiger charge is 2.80. The van der Waals surface area contributed by atoms with E-state index in [0.29, 0.717) is 18.5 Å². The first kappa shape index (κ1) is 28.1. The van der Waals surface area contributed by atoms with E-state index < -0.39 is 47.0 Å². The predicted octanol–water partition coefficient (Wildman–Crippen LogP) is 3.52. The number of aryl methyl sites for hydroxylation is 2. The number of carbonyl (C=O) groups excluding carboxylic acids is 2. The topological polar surface area (TPSA) is 107 Å². The third-order valence-electron chi connectivity index (χ3n) is 9.40. The second-order valence-corrected chi connectivity index (χ2v) is 11.8. The van der Waals surface area contributed by atoms with E-state index in [1.54, 1.807) is 17.9 Å². The number of nitrogens with zero attached hydrogens (tertiary/aromatic N) is 2. The van der Waals surface area contributed by atoms with Gasteiger partial charge in [0.1, 0.15) is 17.6 Å². The number of carboxylic acid groups (broad SMARTS) is 1. The summed E-state index contributed by atoms with van der Waals surface area (Å²) in [5, 5.41) is 21.0. The highest BCUT2D eigenvalue weighted by molar-refractivity contribution is 6.05. The second-order valence-electron chi connectivity index (χ2n) is 11.8. The fourth-order valence-corrected chi connectivity index (χ4v) is 7.46. The van der Waals surface area contributed by atoms with E-state index in [2.05, 4.69) is 6.58 Å². The van der Waals surface area contributed by atoms with Gasteiger partial charge in [0, 0.05) is 12.2 Å². The minimum absolute atomic E-state index is 0.192. The predicted molar refractivity (Wildman–Crippen MR) is 151 cm³/mol. The van der Waals surface area contributed by atoms with Crippen LogP contribution in [0.1, 0.15) is 37.0 Å². The molecule has 3 saturated heterocycles. The highest BCUT2D eigenvalue weighted by atomic mass is 16.5. The average Bonchev–Trinajstić information content (AvgIpc) is 3.44. The average molecular weight is 547 g/mol. The molecule has 3 unspecified atom stereocenters. The Balaban J connectivity index is 1.67. The van der Waals surface area contributed by atoms with Crippen LogP contribution in [0.15, 0.2) is 61.2 Å². The standard InChI is InChI=1S/C32H38N2O6/c1-6-14-33(24-15-19(2)12-13-20(24)3)29(37)27-32-17-21(4)31(5,40-32)26(30(38)39)25(32)28(36)34(27)23(18-35)16-22-10-8-7-9-11-22/h6-13,15,21,23,25-27,35H,1,14,16-18H2,2-5H3,(H,38,39)/t21?,23-,25+,26+,27?,31-,32?/m1/s1. The molecule has 7 atom stereocenters. The lowest BCUT2D eigenvalue weighted by atomic mass is 9.62. The van der Waals surface area contributed by atoms with Gasteiger partial charge in [0.2, 0.25) is 5.91 Å². The molecule has 8 heteroatoms. The normalized spacial score (nSPS) is 31.2. The monoisotopic (exact) mass is 546 g/mol. The SMILES string of the molecule is C=CCN(C(=O)C1N([C@@H](CO)Cc2ccccc2)C(=O)[C@@H]2[C@@H](C(=O)O)[C@]3(C)OC12CC3C)c1cc(C)ccc1C. The lowest BCUT2D eigenvalue weighted by molar-refractivity contribution is -0.157. The summed E-state index contributed by atoms with van der Waals surface area (Å²) >= 11 is 0. The summed E-state index contributed by atoms with van der Waals surface area (Å²) in [5.74, 6) is -4.25. The van der Waals surface area contributed by atoms with E-state index >= 15 is 0 Å². The van der Waals surface area contributed by atoms with Gasteiger partial charge in [0.15, 0.2) is 0 Å². The minimum Gasteiger partial charge on any atom is -0.481 e. The van der Waals surface area contributed by atoms with E-state index in [1.165, 1.54) is 4.90 Å². The maximum Gasteiger partial charge on any atom is 0.310 e. The molecule has 2 N–H and O–H groups in total. The summed E-state index contributed by atoms with van der Waals surface area (Å²) in [7, 11) is 0. The molecule has 2 bridgehead atoms. The van der Waals surface area contributed by atoms with Crippen molar-refractivity contribution in [1.82, 2.24) is 4.90 Å². The number of fused-ring (bicyclic) bond motifs is 1. The van der Waals surface area contributed by atoms with Gasteiger partial charge < -0.3 is 24.7 Å². The molecular formula is C32H38N2O6. The molecule has 0 aromatic heterocycles. The number of likely N-dealkylation sites (tertiary alicyclic amines) is 1. The first-order chi connectivity index (χ1) is 19.0. The van der Waals surface area contributed by atoms with Crippen LogP contribution in [-0.4, -0.2) is 69.3 Å². The summed E-state index contributed by atoms with van der Waals surface area (Å²) in [6, 6.07) is 13.5. The Labute approximate surface area is 235 Å². The van der Waals surface area contributed by atoms with Gasteiger partial charge in [-0.15, -0.1) is 6.58 Å². The number of ether oxygens (including phenoxy) is 1. The summed E-state index contributed by atoms with van der Waals surface area (Å²) < 4.78 is 6.66. The van der Waals surface area contributed by atoms with Crippen LogP contribution in [-0.2, 0) is 25.5 Å². The lowest BCUT2D eigenvalue weighted by Crippen LogP contribution is -2.59. The molecule has 2 amide bonds. The number of carboxylic acids is 1. The number of carbonyl (C=O) groups is 3. The molecular weight excluding hydrogens is 508 g/mol. The lowest BCUT2D eigenvalue weighted by Gasteiger charge is -2.40. The van der Waals surface area contributed by atoms with Crippen molar-refractivity contribution >= 4 is 23.5 Å². The third-order valence-corrected chi connectivity index (χ3v) is 9.40. The van der Waals surface area contributed by atoms with E-state index in [-0.39, 0.29) is 25.0 Å². The van der Waals surface area contributed by atoms with Gasteiger partial charge >= 0.3 is 5.97 Å². The molecule has 0 radical (unpaired) electrons. The Hall–Kier alpha value is -3.49. The number of anilines is 1. The number of aliphatic hydroxyl groups excluding tert-OH is 1. The van der Waals surface area contributed by atoms with Crippen LogP contribution in [0.3, 0.4) is 0 Å². The van der Waals surface area contributed by atoms with Crippen molar-refractivity contribution < 1.29 is 29.3 Å². The molecule has 3 fully saturated rings. The molecule has 3 aliphatic heterocycles. The van der Waals surface area contributed by atoms with Crippen LogP contribution in [0.2, 0.25) is 0 Å². The van der Waals surface area contributed by atoms with Crippen molar-refractivity contribution in [3.63, 3.8) is 0 Å². The van der Waals surface area contributed by atoms with Gasteiger partial charge in [-0.05, 0) is 62.3 Å². The van der Waals surface area contributed by atoms with Crippen LogP contribution in [0.25, 0.3) is 0 Å². The molecule has 0 saturated carbocycles. The first-order valence-corrected chi connectivity index (χ1v) is 13.9. The van der Waals surface area contributed by atoms with E-state index in [4.69, 9.17) is 4.74 Å².